The molecule has 0 atom stereocenters. The van der Waals surface area contributed by atoms with E-state index in [1.807, 2.05) is 5.38 Å². The first-order chi connectivity index (χ1) is 5.56. The van der Waals surface area contributed by atoms with Crippen LogP contribution in [0.25, 0.3) is 0 Å². The van der Waals surface area contributed by atoms with Crippen LogP contribution < -0.4 is 4.87 Å². The molecule has 0 unspecified atom stereocenters. The van der Waals surface area contributed by atoms with Gasteiger partial charge in [0, 0.05) is 16.5 Å². The molecule has 1 aromatic rings. The average molecular weight is 185 g/mol. The van der Waals surface area contributed by atoms with Crippen molar-refractivity contribution >= 4 is 11.3 Å². The molecule has 0 saturated heterocycles. The van der Waals surface area contributed by atoms with E-state index in [-0.39, 0.29) is 10.3 Å². The summed E-state index contributed by atoms with van der Waals surface area (Å²) in [6, 6.07) is 0. The molecule has 0 radical (unpaired) electrons. The first kappa shape index (κ1) is 9.52. The highest BCUT2D eigenvalue weighted by molar-refractivity contribution is 7.07. The summed E-state index contributed by atoms with van der Waals surface area (Å²) in [5.74, 6) is 0. The standard InChI is InChI=1S/C9H15NOS/c1-4-5-9(2,3)7-6-12-8(11)10-7/h6H,4-5H2,1-3H3,(H,10,11). The second kappa shape index (κ2) is 3.44. The molecule has 0 aromatic carbocycles. The number of thiazole rings is 1. The summed E-state index contributed by atoms with van der Waals surface area (Å²) in [4.78, 5) is 13.8. The third kappa shape index (κ3) is 1.97. The van der Waals surface area contributed by atoms with Gasteiger partial charge in [-0.05, 0) is 6.42 Å². The van der Waals surface area contributed by atoms with Crippen molar-refractivity contribution in [3.05, 3.63) is 20.7 Å². The topological polar surface area (TPSA) is 32.9 Å². The Bertz CT molecular complexity index is 297. The molecular formula is C9H15NOS. The third-order valence-electron chi connectivity index (χ3n) is 2.12. The smallest absolute Gasteiger partial charge is 0.304 e. The summed E-state index contributed by atoms with van der Waals surface area (Å²) in [7, 11) is 0. The van der Waals surface area contributed by atoms with Crippen molar-refractivity contribution in [1.82, 2.24) is 4.98 Å². The first-order valence-electron chi connectivity index (χ1n) is 4.24. The van der Waals surface area contributed by atoms with Crippen molar-refractivity contribution in [2.75, 3.05) is 0 Å². The van der Waals surface area contributed by atoms with Crippen LogP contribution in [0.5, 0.6) is 0 Å². The van der Waals surface area contributed by atoms with Gasteiger partial charge in [0.25, 0.3) is 0 Å². The molecule has 1 aromatic heterocycles. The Morgan fingerprint density at radius 1 is 1.58 bits per heavy atom. The summed E-state index contributed by atoms with van der Waals surface area (Å²) >= 11 is 1.25. The van der Waals surface area contributed by atoms with Gasteiger partial charge in [-0.3, -0.25) is 4.79 Å². The molecular weight excluding hydrogens is 170 g/mol. The van der Waals surface area contributed by atoms with Crippen molar-refractivity contribution in [2.45, 2.75) is 39.0 Å². The van der Waals surface area contributed by atoms with Gasteiger partial charge in [-0.25, -0.2) is 0 Å². The van der Waals surface area contributed by atoms with Crippen molar-refractivity contribution in [1.29, 1.82) is 0 Å². The fourth-order valence-corrected chi connectivity index (χ4v) is 2.14. The van der Waals surface area contributed by atoms with Crippen LogP contribution in [0.15, 0.2) is 10.2 Å². The zero-order valence-corrected chi connectivity index (χ0v) is 8.62. The largest absolute Gasteiger partial charge is 0.316 e. The van der Waals surface area contributed by atoms with E-state index in [4.69, 9.17) is 0 Å². The van der Waals surface area contributed by atoms with Crippen molar-refractivity contribution in [3.8, 4) is 0 Å². The van der Waals surface area contributed by atoms with Gasteiger partial charge in [0.1, 0.15) is 0 Å². The Morgan fingerprint density at radius 3 is 2.67 bits per heavy atom. The van der Waals surface area contributed by atoms with Gasteiger partial charge in [-0.15, -0.1) is 0 Å². The maximum absolute atomic E-state index is 10.9. The van der Waals surface area contributed by atoms with Gasteiger partial charge >= 0.3 is 4.87 Å². The molecule has 1 N–H and O–H groups in total. The highest BCUT2D eigenvalue weighted by Crippen LogP contribution is 2.26. The summed E-state index contributed by atoms with van der Waals surface area (Å²) in [5, 5.41) is 1.93. The highest BCUT2D eigenvalue weighted by Gasteiger charge is 2.20. The summed E-state index contributed by atoms with van der Waals surface area (Å²) < 4.78 is 0. The zero-order valence-electron chi connectivity index (χ0n) is 7.81. The SMILES string of the molecule is CCCC(C)(C)c1csc(=O)[nH]1. The van der Waals surface area contributed by atoms with E-state index in [9.17, 15) is 4.79 Å². The Hall–Kier alpha value is -0.570. The fraction of sp³-hybridized carbons (Fsp3) is 0.667. The summed E-state index contributed by atoms with van der Waals surface area (Å²) in [6.07, 6.45) is 2.25. The predicted molar refractivity (Wildman–Crippen MR) is 52.9 cm³/mol. The number of aromatic nitrogens is 1. The predicted octanol–water partition coefficient (Wildman–Crippen LogP) is 2.51. The second-order valence-corrected chi connectivity index (χ2v) is 4.54. The maximum Gasteiger partial charge on any atom is 0.304 e. The lowest BCUT2D eigenvalue weighted by Crippen LogP contribution is -2.18. The number of aromatic amines is 1. The molecule has 0 bridgehead atoms. The van der Waals surface area contributed by atoms with Crippen LogP contribution in [0.1, 0.15) is 39.3 Å². The van der Waals surface area contributed by atoms with E-state index in [0.717, 1.165) is 18.5 Å². The van der Waals surface area contributed by atoms with Gasteiger partial charge in [-0.2, -0.15) is 0 Å². The lowest BCUT2D eigenvalue weighted by atomic mass is 9.85. The maximum atomic E-state index is 10.9. The minimum absolute atomic E-state index is 0.0502. The number of hydrogen-bond donors (Lipinski definition) is 1. The van der Waals surface area contributed by atoms with Crippen LogP contribution in [-0.4, -0.2) is 4.98 Å². The van der Waals surface area contributed by atoms with E-state index in [1.165, 1.54) is 11.3 Å². The molecule has 0 spiro atoms. The Morgan fingerprint density at radius 2 is 2.25 bits per heavy atom. The summed E-state index contributed by atoms with van der Waals surface area (Å²) in [6.45, 7) is 6.48. The molecule has 12 heavy (non-hydrogen) atoms. The van der Waals surface area contributed by atoms with E-state index in [0.29, 0.717) is 0 Å². The second-order valence-electron chi connectivity index (χ2n) is 3.70. The Balaban J connectivity index is 2.88. The molecule has 0 aliphatic rings. The lowest BCUT2D eigenvalue weighted by Gasteiger charge is -2.21. The molecule has 3 heteroatoms. The van der Waals surface area contributed by atoms with Crippen LogP contribution >= 0.6 is 11.3 Å². The highest BCUT2D eigenvalue weighted by atomic mass is 32.1. The van der Waals surface area contributed by atoms with E-state index in [1.54, 1.807) is 0 Å². The van der Waals surface area contributed by atoms with E-state index in [2.05, 4.69) is 25.8 Å². The summed E-state index contributed by atoms with van der Waals surface area (Å²) in [5.41, 5.74) is 1.19. The molecule has 0 saturated carbocycles. The fourth-order valence-electron chi connectivity index (χ4n) is 1.37. The van der Waals surface area contributed by atoms with Crippen molar-refractivity contribution < 1.29 is 0 Å². The number of hydrogen-bond acceptors (Lipinski definition) is 2. The van der Waals surface area contributed by atoms with Crippen LogP contribution in [0.3, 0.4) is 0 Å². The Kier molecular flexibility index (Phi) is 2.73. The van der Waals surface area contributed by atoms with Crippen molar-refractivity contribution in [3.63, 3.8) is 0 Å². The quantitative estimate of drug-likeness (QED) is 0.771. The van der Waals surface area contributed by atoms with Crippen LogP contribution in [0.2, 0.25) is 0 Å². The van der Waals surface area contributed by atoms with E-state index >= 15 is 0 Å². The van der Waals surface area contributed by atoms with Gasteiger partial charge in [-0.1, -0.05) is 38.5 Å². The molecule has 1 rings (SSSR count). The monoisotopic (exact) mass is 185 g/mol. The molecule has 1 heterocycles. The van der Waals surface area contributed by atoms with E-state index < -0.39 is 0 Å². The average Bonchev–Trinajstić information content (AvgIpc) is 2.36. The van der Waals surface area contributed by atoms with Gasteiger partial charge in [0.15, 0.2) is 0 Å². The molecule has 0 amide bonds. The van der Waals surface area contributed by atoms with Crippen molar-refractivity contribution in [2.24, 2.45) is 0 Å². The third-order valence-corrected chi connectivity index (χ3v) is 2.79. The normalized spacial score (nSPS) is 11.9. The van der Waals surface area contributed by atoms with Crippen LogP contribution in [-0.2, 0) is 5.41 Å². The molecule has 2 nitrogen and oxygen atoms in total. The minimum Gasteiger partial charge on any atom is -0.316 e. The van der Waals surface area contributed by atoms with Gasteiger partial charge < -0.3 is 4.98 Å². The first-order valence-corrected chi connectivity index (χ1v) is 5.12. The lowest BCUT2D eigenvalue weighted by molar-refractivity contribution is 0.461. The van der Waals surface area contributed by atoms with Gasteiger partial charge in [0.2, 0.25) is 0 Å². The molecule has 0 aliphatic carbocycles. The van der Waals surface area contributed by atoms with Gasteiger partial charge in [0.05, 0.1) is 0 Å². The molecule has 0 aliphatic heterocycles. The van der Waals surface area contributed by atoms with Crippen LogP contribution in [0.4, 0.5) is 0 Å². The molecule has 0 fully saturated rings. The number of H-pyrrole nitrogens is 1. The molecule has 68 valence electrons. The number of nitrogens with one attached hydrogen (secondary N) is 1. The van der Waals surface area contributed by atoms with Crippen LogP contribution in [0, 0.1) is 0 Å². The zero-order chi connectivity index (χ0) is 9.19. The Labute approximate surface area is 76.6 Å². The minimum atomic E-state index is 0.0502. The number of rotatable bonds is 3.